The van der Waals surface area contributed by atoms with Crippen molar-refractivity contribution in [1.82, 2.24) is 4.90 Å². The molecule has 3 N–H and O–H groups in total. The molecule has 0 bridgehead atoms. The Hall–Kier alpha value is -1.22. The SMILES string of the molecule is Cc1ccc(NCCN2CCCCCC2)c(N)c1. The average Bonchev–Trinajstić information content (AvgIpc) is 2.60. The van der Waals surface area contributed by atoms with Crippen LogP contribution in [0.2, 0.25) is 0 Å². The molecule has 1 heterocycles. The zero-order valence-electron chi connectivity index (χ0n) is 11.4. The zero-order chi connectivity index (χ0) is 12.8. The molecule has 2 rings (SSSR count). The fourth-order valence-electron chi connectivity index (χ4n) is 2.55. The van der Waals surface area contributed by atoms with E-state index in [1.54, 1.807) is 0 Å². The lowest BCUT2D eigenvalue weighted by atomic mass is 10.2. The molecule has 3 heteroatoms. The Morgan fingerprint density at radius 2 is 1.89 bits per heavy atom. The quantitative estimate of drug-likeness (QED) is 0.804. The Morgan fingerprint density at radius 3 is 2.56 bits per heavy atom. The number of anilines is 2. The average molecular weight is 247 g/mol. The summed E-state index contributed by atoms with van der Waals surface area (Å²) in [6.07, 6.45) is 5.50. The normalized spacial score (nSPS) is 17.4. The first-order valence-corrected chi connectivity index (χ1v) is 7.08. The molecule has 1 aromatic rings. The standard InChI is InChI=1S/C15H25N3/c1-13-6-7-15(14(16)12-13)17-8-11-18-9-4-2-3-5-10-18/h6-7,12,17H,2-5,8-11,16H2,1H3. The van der Waals surface area contributed by atoms with E-state index in [0.29, 0.717) is 0 Å². The number of hydrogen-bond acceptors (Lipinski definition) is 3. The predicted octanol–water partition coefficient (Wildman–Crippen LogP) is 2.87. The molecule has 1 aliphatic rings. The molecule has 1 aliphatic heterocycles. The van der Waals surface area contributed by atoms with Gasteiger partial charge in [-0.3, -0.25) is 0 Å². The van der Waals surface area contributed by atoms with Gasteiger partial charge in [-0.2, -0.15) is 0 Å². The van der Waals surface area contributed by atoms with Crippen LogP contribution < -0.4 is 11.1 Å². The molecule has 1 aromatic carbocycles. The van der Waals surface area contributed by atoms with Crippen LogP contribution in [0.25, 0.3) is 0 Å². The van der Waals surface area contributed by atoms with Crippen LogP contribution in [0.3, 0.4) is 0 Å². The van der Waals surface area contributed by atoms with Gasteiger partial charge in [-0.1, -0.05) is 18.9 Å². The lowest BCUT2D eigenvalue weighted by Crippen LogP contribution is -2.30. The van der Waals surface area contributed by atoms with Gasteiger partial charge in [0.05, 0.1) is 11.4 Å². The fraction of sp³-hybridized carbons (Fsp3) is 0.600. The summed E-state index contributed by atoms with van der Waals surface area (Å²) in [4.78, 5) is 2.56. The van der Waals surface area contributed by atoms with E-state index in [0.717, 1.165) is 24.5 Å². The first-order chi connectivity index (χ1) is 8.75. The van der Waals surface area contributed by atoms with Crippen LogP contribution in [0, 0.1) is 6.92 Å². The van der Waals surface area contributed by atoms with E-state index in [1.807, 2.05) is 6.07 Å². The molecule has 0 radical (unpaired) electrons. The Bertz CT molecular complexity index is 368. The second kappa shape index (κ2) is 6.64. The van der Waals surface area contributed by atoms with Gasteiger partial charge in [0.2, 0.25) is 0 Å². The smallest absolute Gasteiger partial charge is 0.0574 e. The number of nitrogen functional groups attached to an aromatic ring is 1. The van der Waals surface area contributed by atoms with Crippen LogP contribution in [-0.4, -0.2) is 31.1 Å². The summed E-state index contributed by atoms with van der Waals surface area (Å²) < 4.78 is 0. The second-order valence-corrected chi connectivity index (χ2v) is 5.27. The molecule has 0 aliphatic carbocycles. The number of likely N-dealkylation sites (tertiary alicyclic amines) is 1. The number of hydrogen-bond donors (Lipinski definition) is 2. The van der Waals surface area contributed by atoms with Crippen LogP contribution in [0.5, 0.6) is 0 Å². The van der Waals surface area contributed by atoms with Gasteiger partial charge in [-0.25, -0.2) is 0 Å². The van der Waals surface area contributed by atoms with Gasteiger partial charge in [0.15, 0.2) is 0 Å². The van der Waals surface area contributed by atoms with Gasteiger partial charge in [0.1, 0.15) is 0 Å². The van der Waals surface area contributed by atoms with E-state index in [1.165, 1.54) is 44.3 Å². The highest BCUT2D eigenvalue weighted by molar-refractivity contribution is 5.66. The molecule has 0 aromatic heterocycles. The van der Waals surface area contributed by atoms with Crippen LogP contribution in [0.1, 0.15) is 31.2 Å². The first kappa shape index (κ1) is 13.2. The number of aryl methyl sites for hydroxylation is 1. The number of nitrogens with two attached hydrogens (primary N) is 1. The van der Waals surface area contributed by atoms with E-state index in [9.17, 15) is 0 Å². The molecule has 100 valence electrons. The highest BCUT2D eigenvalue weighted by Gasteiger charge is 2.08. The molecule has 3 nitrogen and oxygen atoms in total. The van der Waals surface area contributed by atoms with Gasteiger partial charge in [0.25, 0.3) is 0 Å². The van der Waals surface area contributed by atoms with Gasteiger partial charge in [0, 0.05) is 13.1 Å². The second-order valence-electron chi connectivity index (χ2n) is 5.27. The molecular formula is C15H25N3. The maximum absolute atomic E-state index is 5.99. The van der Waals surface area contributed by atoms with Crippen molar-refractivity contribution in [3.63, 3.8) is 0 Å². The van der Waals surface area contributed by atoms with Crippen LogP contribution in [-0.2, 0) is 0 Å². The zero-order valence-corrected chi connectivity index (χ0v) is 11.4. The van der Waals surface area contributed by atoms with Crippen LogP contribution in [0.15, 0.2) is 18.2 Å². The molecule has 1 saturated heterocycles. The van der Waals surface area contributed by atoms with E-state index in [4.69, 9.17) is 5.73 Å². The van der Waals surface area contributed by atoms with Crippen molar-refractivity contribution in [2.75, 3.05) is 37.2 Å². The summed E-state index contributed by atoms with van der Waals surface area (Å²) in [5, 5.41) is 3.44. The molecule has 0 unspecified atom stereocenters. The molecule has 0 atom stereocenters. The number of nitrogens with zero attached hydrogens (tertiary/aromatic N) is 1. The van der Waals surface area contributed by atoms with Crippen molar-refractivity contribution < 1.29 is 0 Å². The molecule has 0 spiro atoms. The van der Waals surface area contributed by atoms with Crippen molar-refractivity contribution in [2.45, 2.75) is 32.6 Å². The molecular weight excluding hydrogens is 222 g/mol. The first-order valence-electron chi connectivity index (χ1n) is 7.08. The third-order valence-electron chi connectivity index (χ3n) is 3.65. The molecule has 1 fully saturated rings. The molecule has 0 saturated carbocycles. The minimum atomic E-state index is 0.853. The summed E-state index contributed by atoms with van der Waals surface area (Å²) >= 11 is 0. The minimum absolute atomic E-state index is 0.853. The molecule has 0 amide bonds. The largest absolute Gasteiger partial charge is 0.397 e. The predicted molar refractivity (Wildman–Crippen MR) is 79.0 cm³/mol. The summed E-state index contributed by atoms with van der Waals surface area (Å²) in [6.45, 7) is 6.67. The maximum Gasteiger partial charge on any atom is 0.0574 e. The lowest BCUT2D eigenvalue weighted by Gasteiger charge is -2.20. The highest BCUT2D eigenvalue weighted by Crippen LogP contribution is 2.19. The maximum atomic E-state index is 5.99. The summed E-state index contributed by atoms with van der Waals surface area (Å²) in [5.74, 6) is 0. The van der Waals surface area contributed by atoms with Gasteiger partial charge in [-0.05, 0) is 50.6 Å². The number of rotatable bonds is 4. The Labute approximate surface area is 110 Å². The van der Waals surface area contributed by atoms with Gasteiger partial charge >= 0.3 is 0 Å². The van der Waals surface area contributed by atoms with Crippen LogP contribution >= 0.6 is 0 Å². The minimum Gasteiger partial charge on any atom is -0.397 e. The summed E-state index contributed by atoms with van der Waals surface area (Å²) in [5.41, 5.74) is 9.12. The topological polar surface area (TPSA) is 41.3 Å². The van der Waals surface area contributed by atoms with E-state index in [2.05, 4.69) is 29.3 Å². The van der Waals surface area contributed by atoms with Crippen molar-refractivity contribution in [3.05, 3.63) is 23.8 Å². The lowest BCUT2D eigenvalue weighted by molar-refractivity contribution is 0.296. The van der Waals surface area contributed by atoms with Crippen molar-refractivity contribution in [3.8, 4) is 0 Å². The van der Waals surface area contributed by atoms with Crippen molar-refractivity contribution in [2.24, 2.45) is 0 Å². The Kier molecular flexibility index (Phi) is 4.88. The number of nitrogens with one attached hydrogen (secondary N) is 1. The highest BCUT2D eigenvalue weighted by atomic mass is 15.1. The van der Waals surface area contributed by atoms with E-state index >= 15 is 0 Å². The van der Waals surface area contributed by atoms with Gasteiger partial charge < -0.3 is 16.0 Å². The van der Waals surface area contributed by atoms with Crippen molar-refractivity contribution >= 4 is 11.4 Å². The van der Waals surface area contributed by atoms with E-state index < -0.39 is 0 Å². The summed E-state index contributed by atoms with van der Waals surface area (Å²) in [7, 11) is 0. The summed E-state index contributed by atoms with van der Waals surface area (Å²) in [6, 6.07) is 6.20. The third kappa shape index (κ3) is 3.91. The number of benzene rings is 1. The van der Waals surface area contributed by atoms with Crippen LogP contribution in [0.4, 0.5) is 11.4 Å². The molecule has 18 heavy (non-hydrogen) atoms. The van der Waals surface area contributed by atoms with E-state index in [-0.39, 0.29) is 0 Å². The Morgan fingerprint density at radius 1 is 1.17 bits per heavy atom. The third-order valence-corrected chi connectivity index (χ3v) is 3.65. The van der Waals surface area contributed by atoms with Crippen molar-refractivity contribution in [1.29, 1.82) is 0 Å². The monoisotopic (exact) mass is 247 g/mol. The fourth-order valence-corrected chi connectivity index (χ4v) is 2.55. The van der Waals surface area contributed by atoms with Gasteiger partial charge in [-0.15, -0.1) is 0 Å². The Balaban J connectivity index is 1.77.